The van der Waals surface area contributed by atoms with Crippen molar-refractivity contribution in [2.75, 3.05) is 12.4 Å². The van der Waals surface area contributed by atoms with E-state index in [1.54, 1.807) is 24.3 Å². The number of carbonyl (C=O) groups is 1. The average Bonchev–Trinajstić information content (AvgIpc) is 2.73. The first kappa shape index (κ1) is 19.4. The minimum atomic E-state index is -0.442. The molecule has 0 aliphatic carbocycles. The van der Waals surface area contributed by atoms with Crippen molar-refractivity contribution >= 4 is 11.6 Å². The first-order valence-electron chi connectivity index (χ1n) is 9.26. The second-order valence-corrected chi connectivity index (χ2v) is 6.40. The number of nitrogens with zero attached hydrogens (tertiary/aromatic N) is 2. The molecule has 1 aromatic heterocycles. The molecule has 1 heterocycles. The standard InChI is InChI=1S/C22H23N3O3/c1-3-4-8-16-11-13-17(14-12-16)23-22(27)21-19(28-2)15-20(26)25(24-21)18-9-6-5-7-10-18/h5-7,9-15H,3-4,8H2,1-2H3,(H,23,27). The molecule has 0 fully saturated rings. The zero-order valence-corrected chi connectivity index (χ0v) is 16.0. The molecule has 3 rings (SSSR count). The highest BCUT2D eigenvalue weighted by Gasteiger charge is 2.18. The van der Waals surface area contributed by atoms with Crippen LogP contribution in [0.3, 0.4) is 0 Å². The second-order valence-electron chi connectivity index (χ2n) is 6.40. The van der Waals surface area contributed by atoms with Gasteiger partial charge in [0.25, 0.3) is 11.5 Å². The fraction of sp³-hybridized carbons (Fsp3) is 0.227. The Morgan fingerprint density at radius 1 is 1.11 bits per heavy atom. The predicted molar refractivity (Wildman–Crippen MR) is 109 cm³/mol. The predicted octanol–water partition coefficient (Wildman–Crippen LogP) is 3.84. The molecular weight excluding hydrogens is 354 g/mol. The molecule has 0 bridgehead atoms. The van der Waals surface area contributed by atoms with Crippen LogP contribution in [0.5, 0.6) is 5.75 Å². The van der Waals surface area contributed by atoms with Crippen molar-refractivity contribution in [3.8, 4) is 11.4 Å². The number of hydrogen-bond donors (Lipinski definition) is 1. The van der Waals surface area contributed by atoms with Crippen molar-refractivity contribution < 1.29 is 9.53 Å². The van der Waals surface area contributed by atoms with Crippen LogP contribution in [0.25, 0.3) is 5.69 Å². The lowest BCUT2D eigenvalue weighted by Crippen LogP contribution is -2.26. The largest absolute Gasteiger partial charge is 0.494 e. The van der Waals surface area contributed by atoms with Crippen LogP contribution in [-0.4, -0.2) is 22.8 Å². The number of unbranched alkanes of at least 4 members (excludes halogenated alkanes) is 1. The summed E-state index contributed by atoms with van der Waals surface area (Å²) in [5, 5.41) is 7.05. The van der Waals surface area contributed by atoms with E-state index in [1.807, 2.05) is 30.3 Å². The highest BCUT2D eigenvalue weighted by Crippen LogP contribution is 2.17. The minimum absolute atomic E-state index is 0.0426. The summed E-state index contributed by atoms with van der Waals surface area (Å²) < 4.78 is 6.39. The Hall–Kier alpha value is -3.41. The van der Waals surface area contributed by atoms with Gasteiger partial charge in [0, 0.05) is 5.69 Å². The molecule has 6 nitrogen and oxygen atoms in total. The van der Waals surface area contributed by atoms with Gasteiger partial charge in [-0.05, 0) is 42.7 Å². The van der Waals surface area contributed by atoms with Crippen molar-refractivity contribution in [2.45, 2.75) is 26.2 Å². The van der Waals surface area contributed by atoms with Gasteiger partial charge in [-0.3, -0.25) is 9.59 Å². The number of methoxy groups -OCH3 is 1. The Morgan fingerprint density at radius 3 is 2.46 bits per heavy atom. The van der Waals surface area contributed by atoms with Crippen molar-refractivity contribution in [3.05, 3.63) is 82.3 Å². The molecule has 0 radical (unpaired) electrons. The number of rotatable bonds is 7. The number of benzene rings is 2. The summed E-state index contributed by atoms with van der Waals surface area (Å²) >= 11 is 0. The third kappa shape index (κ3) is 4.46. The topological polar surface area (TPSA) is 73.2 Å². The van der Waals surface area contributed by atoms with Crippen LogP contribution >= 0.6 is 0 Å². The Kier molecular flexibility index (Phi) is 6.22. The van der Waals surface area contributed by atoms with Gasteiger partial charge in [0.2, 0.25) is 0 Å². The van der Waals surface area contributed by atoms with Gasteiger partial charge in [0.1, 0.15) is 0 Å². The van der Waals surface area contributed by atoms with Gasteiger partial charge in [-0.2, -0.15) is 9.78 Å². The molecular formula is C22H23N3O3. The van der Waals surface area contributed by atoms with E-state index >= 15 is 0 Å². The summed E-state index contributed by atoms with van der Waals surface area (Å²) in [7, 11) is 1.41. The lowest BCUT2D eigenvalue weighted by Gasteiger charge is -2.11. The van der Waals surface area contributed by atoms with E-state index in [2.05, 4.69) is 17.3 Å². The zero-order valence-electron chi connectivity index (χ0n) is 16.0. The maximum atomic E-state index is 12.8. The summed E-state index contributed by atoms with van der Waals surface area (Å²) in [5.74, 6) is -0.308. The molecule has 0 aliphatic heterocycles. The van der Waals surface area contributed by atoms with E-state index in [0.29, 0.717) is 11.4 Å². The highest BCUT2D eigenvalue weighted by atomic mass is 16.5. The number of hydrogen-bond acceptors (Lipinski definition) is 4. The third-order valence-electron chi connectivity index (χ3n) is 4.36. The summed E-state index contributed by atoms with van der Waals surface area (Å²) in [5.41, 5.74) is 2.13. The number of ether oxygens (including phenoxy) is 1. The Labute approximate surface area is 163 Å². The van der Waals surface area contributed by atoms with Gasteiger partial charge in [0.05, 0.1) is 18.9 Å². The quantitative estimate of drug-likeness (QED) is 0.679. The molecule has 0 spiro atoms. The first-order chi connectivity index (χ1) is 13.6. The zero-order chi connectivity index (χ0) is 19.9. The number of carbonyl (C=O) groups excluding carboxylic acids is 1. The average molecular weight is 377 g/mol. The van der Waals surface area contributed by atoms with E-state index < -0.39 is 5.91 Å². The van der Waals surface area contributed by atoms with E-state index in [9.17, 15) is 9.59 Å². The monoisotopic (exact) mass is 377 g/mol. The van der Waals surface area contributed by atoms with E-state index in [-0.39, 0.29) is 17.0 Å². The fourth-order valence-corrected chi connectivity index (χ4v) is 2.83. The number of para-hydroxylation sites is 1. The Morgan fingerprint density at radius 2 is 1.82 bits per heavy atom. The van der Waals surface area contributed by atoms with Crippen LogP contribution in [0.1, 0.15) is 35.8 Å². The molecule has 144 valence electrons. The van der Waals surface area contributed by atoms with Crippen LogP contribution in [0, 0.1) is 0 Å². The Balaban J connectivity index is 1.87. The molecule has 0 aliphatic rings. The SMILES string of the molecule is CCCCc1ccc(NC(=O)c2nn(-c3ccccc3)c(=O)cc2OC)cc1. The second kappa shape index (κ2) is 8.99. The van der Waals surface area contributed by atoms with Crippen molar-refractivity contribution in [1.29, 1.82) is 0 Å². The fourth-order valence-electron chi connectivity index (χ4n) is 2.83. The van der Waals surface area contributed by atoms with Gasteiger partial charge < -0.3 is 10.1 Å². The number of nitrogens with one attached hydrogen (secondary N) is 1. The van der Waals surface area contributed by atoms with Crippen molar-refractivity contribution in [3.63, 3.8) is 0 Å². The van der Waals surface area contributed by atoms with Crippen LogP contribution in [-0.2, 0) is 6.42 Å². The normalized spacial score (nSPS) is 10.5. The number of aromatic nitrogens is 2. The minimum Gasteiger partial charge on any atom is -0.494 e. The molecule has 28 heavy (non-hydrogen) atoms. The lowest BCUT2D eigenvalue weighted by molar-refractivity contribution is 0.101. The number of amides is 1. The number of anilines is 1. The van der Waals surface area contributed by atoms with Crippen LogP contribution in [0.15, 0.2) is 65.5 Å². The van der Waals surface area contributed by atoms with Gasteiger partial charge in [-0.25, -0.2) is 0 Å². The van der Waals surface area contributed by atoms with E-state index in [1.165, 1.54) is 23.4 Å². The van der Waals surface area contributed by atoms with Gasteiger partial charge in [0.15, 0.2) is 11.4 Å². The molecule has 0 atom stereocenters. The maximum Gasteiger partial charge on any atom is 0.279 e. The maximum absolute atomic E-state index is 12.8. The van der Waals surface area contributed by atoms with Crippen LogP contribution in [0.4, 0.5) is 5.69 Å². The molecule has 1 N–H and O–H groups in total. The molecule has 6 heteroatoms. The van der Waals surface area contributed by atoms with Crippen molar-refractivity contribution in [1.82, 2.24) is 9.78 Å². The number of aryl methyl sites for hydroxylation is 1. The highest BCUT2D eigenvalue weighted by molar-refractivity contribution is 6.04. The van der Waals surface area contributed by atoms with Crippen LogP contribution < -0.4 is 15.6 Å². The molecule has 0 saturated carbocycles. The molecule has 0 unspecified atom stereocenters. The van der Waals surface area contributed by atoms with E-state index in [0.717, 1.165) is 19.3 Å². The van der Waals surface area contributed by atoms with Crippen molar-refractivity contribution in [2.24, 2.45) is 0 Å². The van der Waals surface area contributed by atoms with Gasteiger partial charge in [-0.1, -0.05) is 43.7 Å². The smallest absolute Gasteiger partial charge is 0.279 e. The first-order valence-corrected chi connectivity index (χ1v) is 9.26. The summed E-state index contributed by atoms with van der Waals surface area (Å²) in [6, 6.07) is 17.9. The van der Waals surface area contributed by atoms with Crippen LogP contribution in [0.2, 0.25) is 0 Å². The Bertz CT molecular complexity index is 996. The summed E-state index contributed by atoms with van der Waals surface area (Å²) in [4.78, 5) is 25.1. The lowest BCUT2D eigenvalue weighted by atomic mass is 10.1. The summed E-state index contributed by atoms with van der Waals surface area (Å²) in [6.45, 7) is 2.16. The van der Waals surface area contributed by atoms with Gasteiger partial charge >= 0.3 is 0 Å². The molecule has 2 aromatic carbocycles. The summed E-state index contributed by atoms with van der Waals surface area (Å²) in [6.07, 6.45) is 3.29. The van der Waals surface area contributed by atoms with E-state index in [4.69, 9.17) is 4.74 Å². The molecule has 1 amide bonds. The molecule has 0 saturated heterocycles. The molecule has 3 aromatic rings. The van der Waals surface area contributed by atoms with Gasteiger partial charge in [-0.15, -0.1) is 0 Å². The third-order valence-corrected chi connectivity index (χ3v) is 4.36.